The maximum Gasteiger partial charge on any atom is 0.244 e. The van der Waals surface area contributed by atoms with Crippen molar-refractivity contribution in [2.45, 2.75) is 0 Å². The van der Waals surface area contributed by atoms with Crippen molar-refractivity contribution in [3.8, 4) is 0 Å². The summed E-state index contributed by atoms with van der Waals surface area (Å²) in [5, 5.41) is 0. The third-order valence-electron chi connectivity index (χ3n) is 0.383. The van der Waals surface area contributed by atoms with E-state index in [9.17, 15) is 13.6 Å². The zero-order valence-corrected chi connectivity index (χ0v) is 4.73. The van der Waals surface area contributed by atoms with Gasteiger partial charge in [0.25, 0.3) is 0 Å². The summed E-state index contributed by atoms with van der Waals surface area (Å²) in [5.74, 6) is -0.710. The number of nitrogens with two attached hydrogens (primary N) is 1. The van der Waals surface area contributed by atoms with Gasteiger partial charge in [0.1, 0.15) is 0 Å². The molecule has 48 valence electrons. The number of rotatable bonds is 2. The Morgan fingerprint density at radius 1 is 1.88 bits per heavy atom. The summed E-state index contributed by atoms with van der Waals surface area (Å²) in [4.78, 5) is 9.99. The molecular formula is C2H5N2O3S-. The highest BCUT2D eigenvalue weighted by Crippen LogP contribution is 1.61. The van der Waals surface area contributed by atoms with Crippen LogP contribution in [-0.4, -0.2) is 21.2 Å². The van der Waals surface area contributed by atoms with E-state index in [1.165, 1.54) is 0 Å². The van der Waals surface area contributed by atoms with Crippen LogP contribution in [0.25, 0.3) is 0 Å². The Labute approximate surface area is 48.7 Å². The maximum atomic E-state index is 9.99. The lowest BCUT2D eigenvalue weighted by Gasteiger charge is -2.03. The number of hydrogen-bond acceptors (Lipinski definition) is 4. The van der Waals surface area contributed by atoms with Gasteiger partial charge in [0.05, 0.1) is 6.54 Å². The lowest BCUT2D eigenvalue weighted by Crippen LogP contribution is -2.31. The number of nitrogens with one attached hydrogen (secondary N) is 1. The standard InChI is InChI=1S/C2H6N2O3S/c3-1-2(5)4-8(6)7/h1,3H2,(H,4,5)(H,6,7)/p-1. The van der Waals surface area contributed by atoms with E-state index in [2.05, 4.69) is 0 Å². The highest BCUT2D eigenvalue weighted by molar-refractivity contribution is 7.77. The first kappa shape index (κ1) is 7.54. The highest BCUT2D eigenvalue weighted by Gasteiger charge is 1.91. The third-order valence-corrected chi connectivity index (χ3v) is 0.777. The second-order valence-electron chi connectivity index (χ2n) is 0.964. The van der Waals surface area contributed by atoms with Crippen LogP contribution in [0.3, 0.4) is 0 Å². The van der Waals surface area contributed by atoms with Gasteiger partial charge in [-0.2, -0.15) is 0 Å². The second kappa shape index (κ2) is 3.53. The Morgan fingerprint density at radius 3 is 2.50 bits per heavy atom. The van der Waals surface area contributed by atoms with Crippen molar-refractivity contribution in [3.63, 3.8) is 0 Å². The quantitative estimate of drug-likeness (QED) is 0.424. The molecule has 6 heteroatoms. The Kier molecular flexibility index (Phi) is 3.33. The van der Waals surface area contributed by atoms with E-state index in [4.69, 9.17) is 5.73 Å². The van der Waals surface area contributed by atoms with Gasteiger partial charge in [-0.15, -0.1) is 0 Å². The molecule has 3 N–H and O–H groups in total. The number of carbonyl (C=O) groups is 1. The largest absolute Gasteiger partial charge is 0.755 e. The molecule has 0 fully saturated rings. The molecule has 1 amide bonds. The molecule has 0 radical (unpaired) electrons. The Bertz CT molecular complexity index is 114. The maximum absolute atomic E-state index is 9.99. The summed E-state index contributed by atoms with van der Waals surface area (Å²) < 4.78 is 20.7. The first-order chi connectivity index (χ1) is 3.66. The van der Waals surface area contributed by atoms with Crippen molar-refractivity contribution in [1.29, 1.82) is 0 Å². The predicted molar refractivity (Wildman–Crippen MR) is 26.1 cm³/mol. The molecule has 0 bridgehead atoms. The lowest BCUT2D eigenvalue weighted by molar-refractivity contribution is -0.118. The van der Waals surface area contributed by atoms with Crippen LogP contribution in [0.15, 0.2) is 0 Å². The van der Waals surface area contributed by atoms with Crippen molar-refractivity contribution < 1.29 is 13.6 Å². The fourth-order valence-corrected chi connectivity index (χ4v) is 0.404. The van der Waals surface area contributed by atoms with Gasteiger partial charge in [-0.3, -0.25) is 13.7 Å². The summed E-state index contributed by atoms with van der Waals surface area (Å²) in [5.41, 5.74) is 4.73. The molecule has 0 aromatic carbocycles. The van der Waals surface area contributed by atoms with Crippen LogP contribution in [0.5, 0.6) is 0 Å². The molecular weight excluding hydrogens is 132 g/mol. The van der Waals surface area contributed by atoms with Gasteiger partial charge in [-0.05, 0) is 0 Å². The van der Waals surface area contributed by atoms with Crippen molar-refractivity contribution >= 4 is 17.2 Å². The van der Waals surface area contributed by atoms with E-state index < -0.39 is 17.2 Å². The van der Waals surface area contributed by atoms with Crippen molar-refractivity contribution in [3.05, 3.63) is 0 Å². The molecule has 0 heterocycles. The molecule has 0 aromatic rings. The summed E-state index contributed by atoms with van der Waals surface area (Å²) in [6.07, 6.45) is 0. The van der Waals surface area contributed by atoms with Gasteiger partial charge in [-0.25, -0.2) is 0 Å². The SMILES string of the molecule is NCC(=O)NS(=O)[O-]. The smallest absolute Gasteiger partial charge is 0.244 e. The minimum Gasteiger partial charge on any atom is -0.755 e. The Hall–Kier alpha value is -0.460. The van der Waals surface area contributed by atoms with E-state index in [1.54, 1.807) is 4.72 Å². The molecule has 0 saturated heterocycles. The van der Waals surface area contributed by atoms with Crippen LogP contribution in [-0.2, 0) is 16.1 Å². The van der Waals surface area contributed by atoms with Crippen LogP contribution in [0.4, 0.5) is 0 Å². The summed E-state index contributed by atoms with van der Waals surface area (Å²) in [6.45, 7) is -0.312. The van der Waals surface area contributed by atoms with Gasteiger partial charge in [0.15, 0.2) is 0 Å². The van der Waals surface area contributed by atoms with Crippen LogP contribution in [0.2, 0.25) is 0 Å². The average Bonchev–Trinajstić information content (AvgIpc) is 1.65. The molecule has 0 saturated carbocycles. The van der Waals surface area contributed by atoms with Crippen LogP contribution >= 0.6 is 0 Å². The molecule has 0 aliphatic heterocycles. The molecule has 0 rings (SSSR count). The molecule has 0 spiro atoms. The molecule has 0 aliphatic carbocycles. The van der Waals surface area contributed by atoms with E-state index in [0.717, 1.165) is 0 Å². The van der Waals surface area contributed by atoms with E-state index in [1.807, 2.05) is 0 Å². The minimum absolute atomic E-state index is 0.312. The van der Waals surface area contributed by atoms with Crippen LogP contribution in [0, 0.1) is 0 Å². The minimum atomic E-state index is -2.53. The number of amides is 1. The van der Waals surface area contributed by atoms with Crippen molar-refractivity contribution in [2.24, 2.45) is 5.73 Å². The van der Waals surface area contributed by atoms with Gasteiger partial charge in [0, 0.05) is 11.3 Å². The van der Waals surface area contributed by atoms with Gasteiger partial charge in [0.2, 0.25) is 5.91 Å². The zero-order valence-electron chi connectivity index (χ0n) is 3.92. The zero-order chi connectivity index (χ0) is 6.57. The molecule has 1 unspecified atom stereocenters. The fourth-order valence-electron chi connectivity index (χ4n) is 0.135. The molecule has 8 heavy (non-hydrogen) atoms. The summed E-state index contributed by atoms with van der Waals surface area (Å²) in [6, 6.07) is 0. The highest BCUT2D eigenvalue weighted by atomic mass is 32.2. The normalized spacial score (nSPS) is 12.8. The molecule has 5 nitrogen and oxygen atoms in total. The molecule has 0 aromatic heterocycles. The first-order valence-corrected chi connectivity index (χ1v) is 2.83. The van der Waals surface area contributed by atoms with E-state index in [-0.39, 0.29) is 6.54 Å². The summed E-state index contributed by atoms with van der Waals surface area (Å²) >= 11 is -2.53. The van der Waals surface area contributed by atoms with Crippen LogP contribution < -0.4 is 10.5 Å². The topological polar surface area (TPSA) is 95.2 Å². The second-order valence-corrected chi connectivity index (χ2v) is 1.64. The number of hydrogen-bond donors (Lipinski definition) is 2. The van der Waals surface area contributed by atoms with Gasteiger partial charge in [-0.1, -0.05) is 0 Å². The number of carbonyl (C=O) groups excluding carboxylic acids is 1. The first-order valence-electron chi connectivity index (χ1n) is 1.75. The molecule has 1 atom stereocenters. The predicted octanol–water partition coefficient (Wildman–Crippen LogP) is -2.14. The van der Waals surface area contributed by atoms with E-state index >= 15 is 0 Å². The average molecular weight is 137 g/mol. The van der Waals surface area contributed by atoms with Gasteiger partial charge < -0.3 is 10.3 Å². The van der Waals surface area contributed by atoms with E-state index in [0.29, 0.717) is 0 Å². The third kappa shape index (κ3) is 3.72. The Morgan fingerprint density at radius 2 is 2.38 bits per heavy atom. The van der Waals surface area contributed by atoms with Crippen molar-refractivity contribution in [2.75, 3.05) is 6.54 Å². The molecule has 0 aliphatic rings. The van der Waals surface area contributed by atoms with Crippen LogP contribution in [0.1, 0.15) is 0 Å². The summed E-state index contributed by atoms with van der Waals surface area (Å²) in [7, 11) is 0. The fraction of sp³-hybridized carbons (Fsp3) is 0.500. The van der Waals surface area contributed by atoms with Crippen molar-refractivity contribution in [1.82, 2.24) is 4.72 Å². The monoisotopic (exact) mass is 137 g/mol. The van der Waals surface area contributed by atoms with Gasteiger partial charge >= 0.3 is 0 Å². The lowest BCUT2D eigenvalue weighted by atomic mass is 10.7. The Balaban J connectivity index is 3.40.